The zero-order valence-electron chi connectivity index (χ0n) is 14.8. The molecule has 128 valence electrons. The van der Waals surface area contributed by atoms with Gasteiger partial charge in [-0.25, -0.2) is 4.98 Å². The quantitative estimate of drug-likeness (QED) is 0.780. The fourth-order valence-electron chi connectivity index (χ4n) is 2.70. The van der Waals surface area contributed by atoms with Crippen molar-refractivity contribution in [2.24, 2.45) is 0 Å². The van der Waals surface area contributed by atoms with E-state index in [1.165, 1.54) is 5.56 Å². The number of piperazine rings is 1. The molecule has 0 atom stereocenters. The molecule has 1 aromatic rings. The van der Waals surface area contributed by atoms with E-state index in [1.54, 1.807) is 0 Å². The Labute approximate surface area is 139 Å². The number of carbonyl (C=O) groups is 1. The van der Waals surface area contributed by atoms with Gasteiger partial charge in [0, 0.05) is 38.9 Å². The van der Waals surface area contributed by atoms with Crippen LogP contribution in [-0.4, -0.2) is 55.2 Å². The van der Waals surface area contributed by atoms with Crippen LogP contribution in [0.25, 0.3) is 0 Å². The normalized spacial score (nSPS) is 16.4. The van der Waals surface area contributed by atoms with Crippen LogP contribution in [0.15, 0.2) is 18.3 Å². The molecule has 1 saturated heterocycles. The topological polar surface area (TPSA) is 45.7 Å². The predicted molar refractivity (Wildman–Crippen MR) is 92.8 cm³/mol. The monoisotopic (exact) mass is 319 g/mol. The number of ether oxygens (including phenoxy) is 1. The van der Waals surface area contributed by atoms with Gasteiger partial charge in [0.15, 0.2) is 0 Å². The molecule has 2 heterocycles. The molecule has 0 spiro atoms. The minimum Gasteiger partial charge on any atom is -0.466 e. The van der Waals surface area contributed by atoms with Gasteiger partial charge >= 0.3 is 5.97 Å². The van der Waals surface area contributed by atoms with Crippen molar-refractivity contribution in [1.29, 1.82) is 0 Å². The van der Waals surface area contributed by atoms with Gasteiger partial charge in [-0.3, -0.25) is 9.69 Å². The molecule has 0 aliphatic carbocycles. The highest BCUT2D eigenvalue weighted by Gasteiger charge is 2.20. The number of hydrogen-bond donors (Lipinski definition) is 0. The maximum absolute atomic E-state index is 11.4. The summed E-state index contributed by atoms with van der Waals surface area (Å²) in [7, 11) is 0. The molecule has 0 unspecified atom stereocenters. The van der Waals surface area contributed by atoms with E-state index < -0.39 is 0 Å². The van der Waals surface area contributed by atoms with Crippen LogP contribution in [0.4, 0.5) is 5.82 Å². The van der Waals surface area contributed by atoms with Gasteiger partial charge in [-0.2, -0.15) is 0 Å². The summed E-state index contributed by atoms with van der Waals surface area (Å²) in [4.78, 5) is 20.7. The summed E-state index contributed by atoms with van der Waals surface area (Å²) < 4.78 is 4.98. The number of anilines is 1. The number of pyridine rings is 1. The summed E-state index contributed by atoms with van der Waals surface area (Å²) >= 11 is 0. The fourth-order valence-corrected chi connectivity index (χ4v) is 2.70. The minimum absolute atomic E-state index is 0.102. The van der Waals surface area contributed by atoms with Gasteiger partial charge in [0.1, 0.15) is 5.82 Å². The van der Waals surface area contributed by atoms with Crippen LogP contribution in [0, 0.1) is 0 Å². The average Bonchev–Trinajstić information content (AvgIpc) is 2.53. The van der Waals surface area contributed by atoms with E-state index in [-0.39, 0.29) is 11.4 Å². The van der Waals surface area contributed by atoms with Gasteiger partial charge in [0.05, 0.1) is 13.0 Å². The lowest BCUT2D eigenvalue weighted by Crippen LogP contribution is -2.47. The van der Waals surface area contributed by atoms with Gasteiger partial charge in [0.2, 0.25) is 0 Å². The van der Waals surface area contributed by atoms with Crippen LogP contribution in [0.2, 0.25) is 0 Å². The third kappa shape index (κ3) is 5.20. The molecule has 5 nitrogen and oxygen atoms in total. The van der Waals surface area contributed by atoms with E-state index in [0.717, 1.165) is 38.5 Å². The van der Waals surface area contributed by atoms with Crippen molar-refractivity contribution >= 4 is 11.8 Å². The third-order valence-electron chi connectivity index (χ3n) is 4.25. The van der Waals surface area contributed by atoms with Crippen LogP contribution < -0.4 is 4.90 Å². The molecule has 1 fully saturated rings. The van der Waals surface area contributed by atoms with Crippen molar-refractivity contribution in [2.75, 3.05) is 44.2 Å². The summed E-state index contributed by atoms with van der Waals surface area (Å²) in [5.74, 6) is 0.942. The summed E-state index contributed by atoms with van der Waals surface area (Å²) in [5.41, 5.74) is 1.39. The predicted octanol–water partition coefficient (Wildman–Crippen LogP) is 2.45. The molecule has 1 aliphatic rings. The van der Waals surface area contributed by atoms with Crippen molar-refractivity contribution < 1.29 is 9.53 Å². The first-order chi connectivity index (χ1) is 10.9. The molecule has 0 aromatic carbocycles. The van der Waals surface area contributed by atoms with Crippen LogP contribution >= 0.6 is 0 Å². The summed E-state index contributed by atoms with van der Waals surface area (Å²) in [6.07, 6.45) is 2.47. The van der Waals surface area contributed by atoms with Gasteiger partial charge in [0.25, 0.3) is 0 Å². The molecule has 5 heteroatoms. The Kier molecular flexibility index (Phi) is 5.99. The number of carbonyl (C=O) groups excluding carboxylic acids is 1. The fraction of sp³-hybridized carbons (Fsp3) is 0.667. The average molecular weight is 319 g/mol. The van der Waals surface area contributed by atoms with Crippen LogP contribution in [0.3, 0.4) is 0 Å². The Morgan fingerprint density at radius 2 is 1.91 bits per heavy atom. The Morgan fingerprint density at radius 1 is 1.22 bits per heavy atom. The Bertz CT molecular complexity index is 500. The standard InChI is InChI=1S/C18H29N3O2/c1-5-23-17(22)8-9-20-10-12-21(13-11-20)16-7-6-15(14-19-16)18(2,3)4/h6-7,14H,5,8-13H2,1-4H3. The van der Waals surface area contributed by atoms with Crippen molar-refractivity contribution in [3.05, 3.63) is 23.9 Å². The molecule has 2 rings (SSSR count). The van der Waals surface area contributed by atoms with Crippen molar-refractivity contribution in [3.63, 3.8) is 0 Å². The van der Waals surface area contributed by atoms with E-state index in [4.69, 9.17) is 4.74 Å². The van der Waals surface area contributed by atoms with E-state index in [0.29, 0.717) is 13.0 Å². The molecule has 23 heavy (non-hydrogen) atoms. The van der Waals surface area contributed by atoms with Crippen molar-refractivity contribution in [1.82, 2.24) is 9.88 Å². The zero-order valence-corrected chi connectivity index (χ0v) is 14.8. The number of rotatable bonds is 5. The first-order valence-corrected chi connectivity index (χ1v) is 8.49. The smallest absolute Gasteiger partial charge is 0.307 e. The van der Waals surface area contributed by atoms with E-state index >= 15 is 0 Å². The maximum Gasteiger partial charge on any atom is 0.307 e. The van der Waals surface area contributed by atoms with Crippen molar-refractivity contribution in [3.8, 4) is 0 Å². The van der Waals surface area contributed by atoms with Crippen LogP contribution in [0.1, 0.15) is 39.7 Å². The van der Waals surface area contributed by atoms with Gasteiger partial charge in [-0.15, -0.1) is 0 Å². The lowest BCUT2D eigenvalue weighted by atomic mass is 9.88. The number of esters is 1. The second-order valence-corrected chi connectivity index (χ2v) is 7.04. The highest BCUT2D eigenvalue weighted by Crippen LogP contribution is 2.23. The van der Waals surface area contributed by atoms with Gasteiger partial charge < -0.3 is 9.64 Å². The van der Waals surface area contributed by atoms with Gasteiger partial charge in [-0.1, -0.05) is 26.8 Å². The first-order valence-electron chi connectivity index (χ1n) is 8.49. The largest absolute Gasteiger partial charge is 0.466 e. The molecule has 0 amide bonds. The highest BCUT2D eigenvalue weighted by molar-refractivity contribution is 5.69. The molecule has 0 bridgehead atoms. The highest BCUT2D eigenvalue weighted by atomic mass is 16.5. The molecule has 0 radical (unpaired) electrons. The second-order valence-electron chi connectivity index (χ2n) is 7.04. The molecule has 0 saturated carbocycles. The van der Waals surface area contributed by atoms with Crippen LogP contribution in [0.5, 0.6) is 0 Å². The van der Waals surface area contributed by atoms with E-state index in [1.807, 2.05) is 13.1 Å². The Hall–Kier alpha value is -1.62. The summed E-state index contributed by atoms with van der Waals surface area (Å²) in [5, 5.41) is 0. The lowest BCUT2D eigenvalue weighted by molar-refractivity contribution is -0.143. The Morgan fingerprint density at radius 3 is 2.43 bits per heavy atom. The zero-order chi connectivity index (χ0) is 16.9. The lowest BCUT2D eigenvalue weighted by Gasteiger charge is -2.35. The first kappa shape index (κ1) is 17.7. The molecular weight excluding hydrogens is 290 g/mol. The number of aromatic nitrogens is 1. The molecule has 0 N–H and O–H groups in total. The minimum atomic E-state index is -0.102. The van der Waals surface area contributed by atoms with E-state index in [2.05, 4.69) is 47.7 Å². The molecule has 1 aromatic heterocycles. The van der Waals surface area contributed by atoms with Crippen LogP contribution in [-0.2, 0) is 14.9 Å². The summed E-state index contributed by atoms with van der Waals surface area (Å²) in [6.45, 7) is 13.5. The molecule has 1 aliphatic heterocycles. The number of nitrogens with zero attached hydrogens (tertiary/aromatic N) is 3. The van der Waals surface area contributed by atoms with Gasteiger partial charge in [-0.05, 0) is 24.0 Å². The number of hydrogen-bond acceptors (Lipinski definition) is 5. The SMILES string of the molecule is CCOC(=O)CCN1CCN(c2ccc(C(C)(C)C)cn2)CC1. The van der Waals surface area contributed by atoms with E-state index in [9.17, 15) is 4.79 Å². The molecular formula is C18H29N3O2. The maximum atomic E-state index is 11.4. The summed E-state index contributed by atoms with van der Waals surface area (Å²) in [6, 6.07) is 4.30. The van der Waals surface area contributed by atoms with Crippen molar-refractivity contribution in [2.45, 2.75) is 39.5 Å². The third-order valence-corrected chi connectivity index (χ3v) is 4.25. The Balaban J connectivity index is 1.81. The second kappa shape index (κ2) is 7.77.